The molecule has 2 aromatic carbocycles. The number of carbonyl (C=O) groups is 2. The van der Waals surface area contributed by atoms with Crippen molar-refractivity contribution in [2.45, 2.75) is 18.9 Å². The first-order valence-corrected chi connectivity index (χ1v) is 11.3. The fraction of sp³-hybridized carbons (Fsp3) is 0.240. The van der Waals surface area contributed by atoms with Gasteiger partial charge in [0.15, 0.2) is 0 Å². The molecule has 0 radical (unpaired) electrons. The molecule has 0 saturated carbocycles. The number of rotatable bonds is 7. The molecule has 7 nitrogen and oxygen atoms in total. The number of urea groups is 1. The molecule has 0 aliphatic carbocycles. The van der Waals surface area contributed by atoms with Crippen LogP contribution in [0.5, 0.6) is 0 Å². The van der Waals surface area contributed by atoms with Crippen LogP contribution in [0.3, 0.4) is 0 Å². The summed E-state index contributed by atoms with van der Waals surface area (Å²) in [6.45, 7) is 2.85. The Morgan fingerprint density at radius 2 is 1.76 bits per heavy atom. The van der Waals surface area contributed by atoms with Gasteiger partial charge >= 0.3 is 6.03 Å². The Morgan fingerprint density at radius 1 is 0.970 bits per heavy atom. The number of hydrogen-bond donors (Lipinski definition) is 3. The molecule has 2 heterocycles. The largest absolute Gasteiger partial charge is 0.330 e. The van der Waals surface area contributed by atoms with Gasteiger partial charge in [-0.1, -0.05) is 48.0 Å². The average Bonchev–Trinajstić information content (AvgIpc) is 3.34. The highest BCUT2D eigenvalue weighted by molar-refractivity contribution is 6.30. The van der Waals surface area contributed by atoms with Gasteiger partial charge in [0.25, 0.3) is 5.91 Å². The number of anilines is 2. The molecule has 4 rings (SSSR count). The highest BCUT2D eigenvalue weighted by atomic mass is 35.5. The van der Waals surface area contributed by atoms with E-state index in [1.54, 1.807) is 36.4 Å². The zero-order valence-corrected chi connectivity index (χ0v) is 18.9. The van der Waals surface area contributed by atoms with Crippen molar-refractivity contribution in [2.24, 2.45) is 0 Å². The lowest BCUT2D eigenvalue weighted by Crippen LogP contribution is -2.39. The minimum atomic E-state index is -0.329. The van der Waals surface area contributed by atoms with Crippen LogP contribution < -0.4 is 16.0 Å². The molecular weight excluding hydrogens is 438 g/mol. The van der Waals surface area contributed by atoms with E-state index in [2.05, 4.69) is 25.8 Å². The minimum Gasteiger partial charge on any atom is -0.330 e. The monoisotopic (exact) mass is 463 g/mol. The fourth-order valence-corrected chi connectivity index (χ4v) is 3.96. The van der Waals surface area contributed by atoms with Crippen LogP contribution in [0.25, 0.3) is 0 Å². The fourth-order valence-electron chi connectivity index (χ4n) is 3.84. The van der Waals surface area contributed by atoms with Gasteiger partial charge in [-0.25, -0.2) is 9.78 Å². The summed E-state index contributed by atoms with van der Waals surface area (Å²) >= 11 is 5.83. The van der Waals surface area contributed by atoms with Gasteiger partial charge in [-0.3, -0.25) is 4.79 Å². The highest BCUT2D eigenvalue weighted by Crippen LogP contribution is 2.19. The Labute approximate surface area is 198 Å². The van der Waals surface area contributed by atoms with E-state index in [0.717, 1.165) is 25.2 Å². The van der Waals surface area contributed by atoms with Crippen molar-refractivity contribution in [2.75, 3.05) is 30.3 Å². The number of carbonyl (C=O) groups excluding carboxylic acids is 2. The first-order chi connectivity index (χ1) is 16.1. The van der Waals surface area contributed by atoms with Crippen molar-refractivity contribution in [3.05, 3.63) is 89.1 Å². The molecule has 3 aromatic rings. The summed E-state index contributed by atoms with van der Waals surface area (Å²) in [6, 6.07) is 19.6. The molecule has 0 spiro atoms. The molecule has 3 amide bonds. The third kappa shape index (κ3) is 6.54. The van der Waals surface area contributed by atoms with E-state index >= 15 is 0 Å². The van der Waals surface area contributed by atoms with Crippen molar-refractivity contribution in [1.29, 1.82) is 0 Å². The number of amides is 3. The molecule has 1 aliphatic heterocycles. The quantitative estimate of drug-likeness (QED) is 0.463. The molecule has 1 aromatic heterocycles. The number of aromatic nitrogens is 1. The van der Waals surface area contributed by atoms with Gasteiger partial charge in [0.1, 0.15) is 5.82 Å². The van der Waals surface area contributed by atoms with Crippen molar-refractivity contribution in [3.63, 3.8) is 0 Å². The normalized spacial score (nSPS) is 14.5. The second-order valence-electron chi connectivity index (χ2n) is 7.97. The number of nitrogens with one attached hydrogen (secondary N) is 3. The van der Waals surface area contributed by atoms with Gasteiger partial charge in [-0.2, -0.15) is 0 Å². The molecule has 1 fully saturated rings. The molecule has 0 unspecified atom stereocenters. The predicted molar refractivity (Wildman–Crippen MR) is 131 cm³/mol. The zero-order valence-electron chi connectivity index (χ0n) is 18.1. The first-order valence-electron chi connectivity index (χ1n) is 10.9. The summed E-state index contributed by atoms with van der Waals surface area (Å²) in [5.74, 6) is 0.0678. The Hall–Kier alpha value is -3.42. The molecule has 1 saturated heterocycles. The summed E-state index contributed by atoms with van der Waals surface area (Å²) in [5, 5.41) is 9.15. The van der Waals surface area contributed by atoms with E-state index in [-0.39, 0.29) is 18.0 Å². The van der Waals surface area contributed by atoms with Gasteiger partial charge < -0.3 is 20.9 Å². The number of halogens is 1. The topological polar surface area (TPSA) is 86.4 Å². The lowest BCUT2D eigenvalue weighted by molar-refractivity contribution is 0.102. The Bertz CT molecular complexity index is 1090. The maximum Gasteiger partial charge on any atom is 0.319 e. The second-order valence-corrected chi connectivity index (χ2v) is 8.40. The van der Waals surface area contributed by atoms with Crippen LogP contribution in [0.1, 0.15) is 34.8 Å². The first kappa shape index (κ1) is 22.8. The summed E-state index contributed by atoms with van der Waals surface area (Å²) in [5.41, 5.74) is 1.99. The van der Waals surface area contributed by atoms with Crippen molar-refractivity contribution in [1.82, 2.24) is 15.2 Å². The molecule has 1 aliphatic rings. The Morgan fingerprint density at radius 3 is 2.48 bits per heavy atom. The van der Waals surface area contributed by atoms with E-state index < -0.39 is 0 Å². The third-order valence-corrected chi connectivity index (χ3v) is 5.72. The van der Waals surface area contributed by atoms with E-state index in [0.29, 0.717) is 22.1 Å². The van der Waals surface area contributed by atoms with E-state index in [9.17, 15) is 9.59 Å². The van der Waals surface area contributed by atoms with Crippen LogP contribution >= 0.6 is 11.6 Å². The lowest BCUT2D eigenvalue weighted by atomic mass is 10.1. The number of likely N-dealkylation sites (tertiary alicyclic amines) is 1. The number of benzene rings is 2. The van der Waals surface area contributed by atoms with Crippen LogP contribution in [0.4, 0.5) is 16.3 Å². The van der Waals surface area contributed by atoms with Crippen LogP contribution in [-0.2, 0) is 0 Å². The maximum absolute atomic E-state index is 12.8. The van der Waals surface area contributed by atoms with Crippen molar-refractivity contribution in [3.8, 4) is 0 Å². The number of nitrogens with zero attached hydrogens (tertiary/aromatic N) is 2. The smallest absolute Gasteiger partial charge is 0.319 e. The summed E-state index contributed by atoms with van der Waals surface area (Å²) < 4.78 is 0. The number of pyridine rings is 1. The standard InChI is InChI=1S/C25H26ClN5O2/c26-20-11-12-23(27-16-20)30-24(32)19-9-6-10-21(15-19)28-25(33)29-22(17-31-13-4-5-14-31)18-7-2-1-3-8-18/h1-3,6-12,15-16,22H,4-5,13-14,17H2,(H,27,30,32)(H2,28,29,33)/t22-/m0/s1. The Kier molecular flexibility index (Phi) is 7.55. The van der Waals surface area contributed by atoms with Crippen LogP contribution in [0.2, 0.25) is 5.02 Å². The molecule has 170 valence electrons. The summed E-state index contributed by atoms with van der Waals surface area (Å²) in [6.07, 6.45) is 3.84. The highest BCUT2D eigenvalue weighted by Gasteiger charge is 2.21. The van der Waals surface area contributed by atoms with Crippen LogP contribution in [-0.4, -0.2) is 41.5 Å². The van der Waals surface area contributed by atoms with Gasteiger partial charge in [0, 0.05) is 24.0 Å². The third-order valence-electron chi connectivity index (χ3n) is 5.50. The molecule has 3 N–H and O–H groups in total. The molecular formula is C25H26ClN5O2. The molecule has 1 atom stereocenters. The SMILES string of the molecule is O=C(Nc1cccc(C(=O)Nc2ccc(Cl)cn2)c1)N[C@@H](CN1CCCC1)c1ccccc1. The lowest BCUT2D eigenvalue weighted by Gasteiger charge is -2.25. The van der Waals surface area contributed by atoms with Gasteiger partial charge in [-0.15, -0.1) is 0 Å². The summed E-state index contributed by atoms with van der Waals surface area (Å²) in [4.78, 5) is 31.8. The maximum atomic E-state index is 12.8. The van der Waals surface area contributed by atoms with Crippen molar-refractivity contribution < 1.29 is 9.59 Å². The van der Waals surface area contributed by atoms with Gasteiger partial charge in [0.2, 0.25) is 0 Å². The zero-order chi connectivity index (χ0) is 23.0. The summed E-state index contributed by atoms with van der Waals surface area (Å²) in [7, 11) is 0. The minimum absolute atomic E-state index is 0.133. The van der Waals surface area contributed by atoms with E-state index in [4.69, 9.17) is 11.6 Å². The molecule has 8 heteroatoms. The van der Waals surface area contributed by atoms with Crippen LogP contribution in [0.15, 0.2) is 72.9 Å². The molecule has 0 bridgehead atoms. The Balaban J connectivity index is 1.40. The number of hydrogen-bond acceptors (Lipinski definition) is 4. The second kappa shape index (κ2) is 10.9. The van der Waals surface area contributed by atoms with Gasteiger partial charge in [-0.05, 0) is 61.8 Å². The van der Waals surface area contributed by atoms with Crippen molar-refractivity contribution >= 4 is 35.0 Å². The predicted octanol–water partition coefficient (Wildman–Crippen LogP) is 4.95. The van der Waals surface area contributed by atoms with Gasteiger partial charge in [0.05, 0.1) is 11.1 Å². The van der Waals surface area contributed by atoms with Crippen LogP contribution in [0, 0.1) is 0 Å². The average molecular weight is 464 g/mol. The van der Waals surface area contributed by atoms with E-state index in [1.165, 1.54) is 19.0 Å². The van der Waals surface area contributed by atoms with E-state index in [1.807, 2.05) is 30.3 Å². The molecule has 33 heavy (non-hydrogen) atoms.